The minimum Gasteiger partial charge on any atom is -0.393 e. The number of morpholine rings is 1. The van der Waals surface area contributed by atoms with E-state index in [1.807, 2.05) is 12.1 Å². The fourth-order valence-corrected chi connectivity index (χ4v) is 5.56. The smallest absolute Gasteiger partial charge is 0.274 e. The van der Waals surface area contributed by atoms with Crippen LogP contribution in [0.2, 0.25) is 0 Å². The molecule has 3 N–H and O–H groups in total. The van der Waals surface area contributed by atoms with E-state index in [0.29, 0.717) is 18.9 Å². The van der Waals surface area contributed by atoms with Crippen LogP contribution < -0.4 is 15.1 Å². The van der Waals surface area contributed by atoms with Gasteiger partial charge in [0.2, 0.25) is 0 Å². The first-order chi connectivity index (χ1) is 17.1. The lowest BCUT2D eigenvalue weighted by atomic mass is 9.95. The Morgan fingerprint density at radius 2 is 1.83 bits per heavy atom. The van der Waals surface area contributed by atoms with E-state index in [0.717, 1.165) is 74.6 Å². The van der Waals surface area contributed by atoms with Gasteiger partial charge in [-0.05, 0) is 68.4 Å². The number of ether oxygens (including phenoxy) is 1. The van der Waals surface area contributed by atoms with Gasteiger partial charge in [0.1, 0.15) is 11.5 Å². The zero-order chi connectivity index (χ0) is 23.8. The second kappa shape index (κ2) is 9.51. The Morgan fingerprint density at radius 3 is 2.66 bits per heavy atom. The number of aliphatic hydroxyl groups excluding tert-OH is 1. The maximum atomic E-state index is 13.4. The van der Waals surface area contributed by atoms with Gasteiger partial charge in [0.05, 0.1) is 19.3 Å². The number of anilines is 3. The minimum absolute atomic E-state index is 0.206. The number of hydrogen-bond donors (Lipinski definition) is 3. The summed E-state index contributed by atoms with van der Waals surface area (Å²) in [7, 11) is 0. The average molecular weight is 476 g/mol. The quantitative estimate of drug-likeness (QED) is 0.535. The zero-order valence-electron chi connectivity index (χ0n) is 20.1. The molecule has 2 aromatic heterocycles. The molecule has 1 aliphatic carbocycles. The van der Waals surface area contributed by atoms with E-state index >= 15 is 0 Å². The largest absolute Gasteiger partial charge is 0.393 e. The molecular formula is C27H33N5O3. The van der Waals surface area contributed by atoms with Gasteiger partial charge < -0.3 is 29.9 Å². The molecule has 2 aliphatic heterocycles. The number of H-pyrrole nitrogens is 1. The SMILES string of the molecule is O=C(Nc1ccc2[nH]c3c(c2c1)CCCC3)c1cc(N2CCC(O)CC2)cc(N2CCOCC2)n1. The summed E-state index contributed by atoms with van der Waals surface area (Å²) >= 11 is 0. The first-order valence-electron chi connectivity index (χ1n) is 12.9. The predicted octanol–water partition coefficient (Wildman–Crippen LogP) is 3.49. The number of pyridine rings is 1. The van der Waals surface area contributed by atoms with Gasteiger partial charge in [0, 0.05) is 60.2 Å². The van der Waals surface area contributed by atoms with Crippen LogP contribution in [-0.2, 0) is 17.6 Å². The van der Waals surface area contributed by atoms with Gasteiger partial charge in [-0.1, -0.05) is 0 Å². The first-order valence-corrected chi connectivity index (χ1v) is 12.9. The standard InChI is InChI=1S/C27H33N5O3/c33-20-7-9-31(10-8-20)19-16-25(30-26(17-19)32-11-13-35-14-12-32)27(34)28-18-5-6-24-22(15-18)21-3-1-2-4-23(21)29-24/h5-6,15-17,20,29,33H,1-4,7-14H2,(H,28,34). The highest BCUT2D eigenvalue weighted by molar-refractivity contribution is 6.05. The third-order valence-electron chi connectivity index (χ3n) is 7.55. The topological polar surface area (TPSA) is 93.7 Å². The number of nitrogens with zero attached hydrogens (tertiary/aromatic N) is 3. The molecular weight excluding hydrogens is 442 g/mol. The van der Waals surface area contributed by atoms with E-state index in [9.17, 15) is 9.90 Å². The van der Waals surface area contributed by atoms with E-state index in [1.165, 1.54) is 29.5 Å². The highest BCUT2D eigenvalue weighted by atomic mass is 16.5. The number of aromatic amines is 1. The van der Waals surface area contributed by atoms with Crippen molar-refractivity contribution in [3.8, 4) is 0 Å². The van der Waals surface area contributed by atoms with Gasteiger partial charge >= 0.3 is 0 Å². The number of hydrogen-bond acceptors (Lipinski definition) is 6. The molecule has 184 valence electrons. The molecule has 2 fully saturated rings. The van der Waals surface area contributed by atoms with Gasteiger partial charge in [-0.25, -0.2) is 4.98 Å². The lowest BCUT2D eigenvalue weighted by molar-refractivity contribution is 0.102. The van der Waals surface area contributed by atoms with Crippen molar-refractivity contribution in [2.24, 2.45) is 0 Å². The summed E-state index contributed by atoms with van der Waals surface area (Å²) in [4.78, 5) is 26.2. The maximum absolute atomic E-state index is 13.4. The summed E-state index contributed by atoms with van der Waals surface area (Å²) in [5.74, 6) is 0.597. The number of fused-ring (bicyclic) bond motifs is 3. The highest BCUT2D eigenvalue weighted by Gasteiger charge is 2.23. The summed E-state index contributed by atoms with van der Waals surface area (Å²) in [6, 6.07) is 10.1. The Labute approximate surface area is 205 Å². The molecule has 8 heteroatoms. The third-order valence-corrected chi connectivity index (χ3v) is 7.55. The molecule has 2 saturated heterocycles. The van der Waals surface area contributed by atoms with Crippen LogP contribution in [0.5, 0.6) is 0 Å². The molecule has 1 aromatic carbocycles. The monoisotopic (exact) mass is 475 g/mol. The van der Waals surface area contributed by atoms with Gasteiger partial charge in [0.15, 0.2) is 0 Å². The van der Waals surface area contributed by atoms with Crippen LogP contribution in [-0.4, -0.2) is 66.5 Å². The van der Waals surface area contributed by atoms with Crippen LogP contribution in [0.1, 0.15) is 47.4 Å². The van der Waals surface area contributed by atoms with Crippen molar-refractivity contribution < 1.29 is 14.6 Å². The number of aromatic nitrogens is 2. The molecule has 0 atom stereocenters. The van der Waals surface area contributed by atoms with E-state index in [4.69, 9.17) is 9.72 Å². The molecule has 1 amide bonds. The van der Waals surface area contributed by atoms with Gasteiger partial charge in [-0.15, -0.1) is 0 Å². The third kappa shape index (κ3) is 4.60. The van der Waals surface area contributed by atoms with Gasteiger partial charge in [-0.3, -0.25) is 4.79 Å². The number of aliphatic hydroxyl groups is 1. The number of carbonyl (C=O) groups is 1. The maximum Gasteiger partial charge on any atom is 0.274 e. The molecule has 3 aromatic rings. The Hall–Kier alpha value is -3.10. The lowest BCUT2D eigenvalue weighted by Gasteiger charge is -2.33. The summed E-state index contributed by atoms with van der Waals surface area (Å²) in [6.07, 6.45) is 5.85. The first kappa shape index (κ1) is 22.4. The molecule has 6 rings (SSSR count). The number of rotatable bonds is 4. The molecule has 8 nitrogen and oxygen atoms in total. The normalized spacial score (nSPS) is 19.1. The molecule has 35 heavy (non-hydrogen) atoms. The predicted molar refractivity (Wildman–Crippen MR) is 138 cm³/mol. The highest BCUT2D eigenvalue weighted by Crippen LogP contribution is 2.31. The van der Waals surface area contributed by atoms with Crippen LogP contribution in [0, 0.1) is 0 Å². The minimum atomic E-state index is -0.247. The number of aryl methyl sites for hydroxylation is 2. The summed E-state index contributed by atoms with van der Waals surface area (Å²) in [5, 5.41) is 14.3. The van der Waals surface area contributed by atoms with E-state index < -0.39 is 0 Å². The van der Waals surface area contributed by atoms with E-state index in [1.54, 1.807) is 0 Å². The second-order valence-electron chi connectivity index (χ2n) is 9.89. The van der Waals surface area contributed by atoms with Crippen molar-refractivity contribution in [1.29, 1.82) is 0 Å². The number of piperidine rings is 1. The van der Waals surface area contributed by atoms with Crippen LogP contribution in [0.25, 0.3) is 10.9 Å². The summed E-state index contributed by atoms with van der Waals surface area (Å²) in [6.45, 7) is 4.36. The summed E-state index contributed by atoms with van der Waals surface area (Å²) in [5.41, 5.74) is 6.04. The van der Waals surface area contributed by atoms with E-state index in [-0.39, 0.29) is 12.0 Å². The lowest BCUT2D eigenvalue weighted by Crippen LogP contribution is -2.38. The number of amides is 1. The number of nitrogens with one attached hydrogen (secondary N) is 2. The Bertz CT molecular complexity index is 1230. The Kier molecular flexibility index (Phi) is 6.08. The van der Waals surface area contributed by atoms with Crippen LogP contribution in [0.15, 0.2) is 30.3 Å². The molecule has 0 bridgehead atoms. The molecule has 0 unspecified atom stereocenters. The molecule has 0 spiro atoms. The van der Waals surface area contributed by atoms with Crippen molar-refractivity contribution >= 4 is 34.0 Å². The Balaban J connectivity index is 1.29. The van der Waals surface area contributed by atoms with Crippen molar-refractivity contribution in [3.05, 3.63) is 47.3 Å². The molecule has 0 saturated carbocycles. The van der Waals surface area contributed by atoms with Gasteiger partial charge in [0.25, 0.3) is 5.91 Å². The molecule has 4 heterocycles. The zero-order valence-corrected chi connectivity index (χ0v) is 20.1. The fourth-order valence-electron chi connectivity index (χ4n) is 5.56. The van der Waals surface area contributed by atoms with Crippen molar-refractivity contribution in [2.75, 3.05) is 54.5 Å². The van der Waals surface area contributed by atoms with Crippen LogP contribution >= 0.6 is 0 Å². The van der Waals surface area contributed by atoms with Crippen LogP contribution in [0.4, 0.5) is 17.2 Å². The van der Waals surface area contributed by atoms with Gasteiger partial charge in [-0.2, -0.15) is 0 Å². The molecule has 3 aliphatic rings. The Morgan fingerprint density at radius 1 is 1.03 bits per heavy atom. The van der Waals surface area contributed by atoms with Crippen molar-refractivity contribution in [1.82, 2.24) is 9.97 Å². The number of benzene rings is 1. The second-order valence-corrected chi connectivity index (χ2v) is 9.89. The van der Waals surface area contributed by atoms with Crippen LogP contribution in [0.3, 0.4) is 0 Å². The summed E-state index contributed by atoms with van der Waals surface area (Å²) < 4.78 is 5.51. The molecule has 0 radical (unpaired) electrons. The van der Waals surface area contributed by atoms with Crippen molar-refractivity contribution in [3.63, 3.8) is 0 Å². The average Bonchev–Trinajstić information content (AvgIpc) is 3.27. The van der Waals surface area contributed by atoms with Crippen molar-refractivity contribution in [2.45, 2.75) is 44.6 Å². The number of carbonyl (C=O) groups excluding carboxylic acids is 1. The van der Waals surface area contributed by atoms with E-state index in [2.05, 4.69) is 38.3 Å². The fraction of sp³-hybridized carbons (Fsp3) is 0.481.